The third-order valence-electron chi connectivity index (χ3n) is 5.82. The van der Waals surface area contributed by atoms with E-state index in [2.05, 4.69) is 33.9 Å². The minimum absolute atomic E-state index is 0.126. The number of hydrogen-bond acceptors (Lipinski definition) is 6. The van der Waals surface area contributed by atoms with Crippen LogP contribution in [-0.4, -0.2) is 48.5 Å². The highest BCUT2D eigenvalue weighted by Gasteiger charge is 2.23. The summed E-state index contributed by atoms with van der Waals surface area (Å²) in [4.78, 5) is 25.8. The quantitative estimate of drug-likeness (QED) is 0.508. The molecule has 1 aliphatic rings. The molecule has 10 heteroatoms. The molecule has 0 bridgehead atoms. The van der Waals surface area contributed by atoms with E-state index in [1.165, 1.54) is 11.8 Å². The van der Waals surface area contributed by atoms with Crippen molar-refractivity contribution in [2.45, 2.75) is 57.3 Å². The van der Waals surface area contributed by atoms with Crippen LogP contribution in [0.1, 0.15) is 44.1 Å². The average Bonchev–Trinajstić information content (AvgIpc) is 3.50. The molecule has 9 nitrogen and oxygen atoms in total. The molecule has 1 saturated heterocycles. The molecule has 1 aliphatic heterocycles. The Bertz CT molecular complexity index is 1180. The third-order valence-corrected chi connectivity index (χ3v) is 6.79. The van der Waals surface area contributed by atoms with E-state index in [0.29, 0.717) is 17.4 Å². The lowest BCUT2D eigenvalue weighted by atomic mass is 10.2. The normalized spacial score (nSPS) is 16.0. The summed E-state index contributed by atoms with van der Waals surface area (Å²) in [5.41, 5.74) is 1.45. The van der Waals surface area contributed by atoms with E-state index in [1.807, 2.05) is 37.3 Å². The molecular weight excluding hydrogens is 440 g/mol. The van der Waals surface area contributed by atoms with E-state index >= 15 is 0 Å². The number of carbonyl (C=O) groups excluding carboxylic acids is 1. The van der Waals surface area contributed by atoms with E-state index in [4.69, 9.17) is 4.74 Å². The Morgan fingerprint density at radius 2 is 2.03 bits per heavy atom. The second-order valence-corrected chi connectivity index (χ2v) is 9.46. The van der Waals surface area contributed by atoms with E-state index in [1.54, 1.807) is 16.4 Å². The predicted molar refractivity (Wildman–Crippen MR) is 128 cm³/mol. The molecule has 33 heavy (non-hydrogen) atoms. The first-order valence-corrected chi connectivity index (χ1v) is 12.2. The van der Waals surface area contributed by atoms with Crippen LogP contribution in [0.15, 0.2) is 40.3 Å². The van der Waals surface area contributed by atoms with Gasteiger partial charge in [-0.15, -0.1) is 10.2 Å². The Morgan fingerprint density at radius 3 is 2.70 bits per heavy atom. The van der Waals surface area contributed by atoms with Crippen molar-refractivity contribution < 1.29 is 9.53 Å². The lowest BCUT2D eigenvalue weighted by Crippen LogP contribution is -2.24. The minimum Gasteiger partial charge on any atom is -0.376 e. The topological polar surface area (TPSA) is 96.0 Å². The van der Waals surface area contributed by atoms with Crippen LogP contribution in [0.3, 0.4) is 0 Å². The number of amides is 1. The van der Waals surface area contributed by atoms with Gasteiger partial charge in [0.15, 0.2) is 5.16 Å². The molecule has 176 valence electrons. The van der Waals surface area contributed by atoms with Gasteiger partial charge >= 0.3 is 0 Å². The summed E-state index contributed by atoms with van der Waals surface area (Å²) in [6.07, 6.45) is 2.22. The van der Waals surface area contributed by atoms with Crippen LogP contribution in [0, 0.1) is 6.92 Å². The highest BCUT2D eigenvalue weighted by molar-refractivity contribution is 7.99. The number of ether oxygens (including phenoxy) is 1. The molecule has 0 saturated carbocycles. The molecule has 1 amide bonds. The van der Waals surface area contributed by atoms with Crippen LogP contribution in [0.5, 0.6) is 0 Å². The van der Waals surface area contributed by atoms with Gasteiger partial charge in [0.25, 0.3) is 5.56 Å². The van der Waals surface area contributed by atoms with Gasteiger partial charge < -0.3 is 14.6 Å². The number of aromatic nitrogens is 5. The summed E-state index contributed by atoms with van der Waals surface area (Å²) in [5.74, 6) is 0.966. The second-order valence-electron chi connectivity index (χ2n) is 8.51. The number of nitrogens with zero attached hydrogens (tertiary/aromatic N) is 5. The molecule has 0 radical (unpaired) electrons. The maximum atomic E-state index is 13.0. The van der Waals surface area contributed by atoms with Gasteiger partial charge in [-0.1, -0.05) is 43.8 Å². The van der Waals surface area contributed by atoms with Crippen molar-refractivity contribution in [3.63, 3.8) is 0 Å². The van der Waals surface area contributed by atoms with Crippen LogP contribution in [0.2, 0.25) is 0 Å². The van der Waals surface area contributed by atoms with Crippen molar-refractivity contribution in [3.8, 4) is 5.69 Å². The van der Waals surface area contributed by atoms with Gasteiger partial charge in [0.05, 0.1) is 29.8 Å². The van der Waals surface area contributed by atoms with Crippen LogP contribution in [-0.2, 0) is 23.1 Å². The van der Waals surface area contributed by atoms with Gasteiger partial charge in [-0.05, 0) is 31.9 Å². The summed E-state index contributed by atoms with van der Waals surface area (Å²) in [5, 5.41) is 12.2. The molecule has 2 aromatic heterocycles. The summed E-state index contributed by atoms with van der Waals surface area (Å²) in [6.45, 7) is 7.44. The third kappa shape index (κ3) is 4.91. The zero-order chi connectivity index (χ0) is 23.5. The lowest BCUT2D eigenvalue weighted by molar-refractivity contribution is -0.113. The smallest absolute Gasteiger partial charge is 0.295 e. The highest BCUT2D eigenvalue weighted by Crippen LogP contribution is 2.25. The largest absolute Gasteiger partial charge is 0.376 e. The number of nitrogens with one attached hydrogen (secondary N) is 1. The number of hydrogen-bond donors (Lipinski definition) is 1. The van der Waals surface area contributed by atoms with Crippen molar-refractivity contribution in [2.75, 3.05) is 17.7 Å². The van der Waals surface area contributed by atoms with E-state index in [9.17, 15) is 9.59 Å². The molecule has 3 heterocycles. The fourth-order valence-corrected chi connectivity index (χ4v) is 4.77. The van der Waals surface area contributed by atoms with Gasteiger partial charge in [-0.3, -0.25) is 14.3 Å². The monoisotopic (exact) mass is 470 g/mol. The number of anilines is 1. The zero-order valence-corrected chi connectivity index (χ0v) is 20.3. The molecular formula is C23H30N6O3S. The number of benzene rings is 1. The predicted octanol–water partition coefficient (Wildman–Crippen LogP) is 3.11. The van der Waals surface area contributed by atoms with Gasteiger partial charge in [-0.25, -0.2) is 4.68 Å². The van der Waals surface area contributed by atoms with Crippen LogP contribution < -0.4 is 10.9 Å². The molecule has 1 N–H and O–H groups in total. The van der Waals surface area contributed by atoms with E-state index in [0.717, 1.165) is 31.0 Å². The SMILES string of the molecule is Cc1c(NC(=O)CSc2nnc(C(C)C)n2CC2CCCO2)c(=O)n(-c2ccccc2)n1C. The maximum Gasteiger partial charge on any atom is 0.295 e. The standard InChI is InChI=1S/C23H30N6O3S/c1-15(2)21-25-26-23(28(21)13-18-11-8-12-32-18)33-14-19(30)24-20-16(3)27(4)29(22(20)31)17-9-6-5-7-10-17/h5-7,9-10,15,18H,8,11-14H2,1-4H3,(H,24,30). The zero-order valence-electron chi connectivity index (χ0n) is 19.4. The molecule has 0 spiro atoms. The molecule has 0 aliphatic carbocycles. The first-order valence-electron chi connectivity index (χ1n) is 11.2. The first-order chi connectivity index (χ1) is 15.9. The summed E-state index contributed by atoms with van der Waals surface area (Å²) < 4.78 is 11.1. The summed E-state index contributed by atoms with van der Waals surface area (Å²) in [6, 6.07) is 9.35. The molecule has 3 aromatic rings. The highest BCUT2D eigenvalue weighted by atomic mass is 32.2. The second kappa shape index (κ2) is 9.96. The van der Waals surface area contributed by atoms with Crippen molar-refractivity contribution in [1.29, 1.82) is 0 Å². The summed E-state index contributed by atoms with van der Waals surface area (Å²) >= 11 is 1.32. The van der Waals surface area contributed by atoms with E-state index in [-0.39, 0.29) is 34.9 Å². The number of para-hydroxylation sites is 1. The van der Waals surface area contributed by atoms with Crippen LogP contribution in [0.25, 0.3) is 5.69 Å². The van der Waals surface area contributed by atoms with Crippen LogP contribution >= 0.6 is 11.8 Å². The van der Waals surface area contributed by atoms with Crippen molar-refractivity contribution in [2.24, 2.45) is 7.05 Å². The average molecular weight is 471 g/mol. The summed E-state index contributed by atoms with van der Waals surface area (Å²) in [7, 11) is 1.80. The fraction of sp³-hybridized carbons (Fsp3) is 0.478. The number of thioether (sulfide) groups is 1. The Labute approximate surface area is 197 Å². The Hall–Kier alpha value is -2.85. The van der Waals surface area contributed by atoms with Crippen molar-refractivity contribution in [1.82, 2.24) is 24.1 Å². The van der Waals surface area contributed by atoms with Gasteiger partial charge in [0, 0.05) is 19.6 Å². The van der Waals surface area contributed by atoms with Gasteiger partial charge in [-0.2, -0.15) is 0 Å². The fourth-order valence-electron chi connectivity index (χ4n) is 4.02. The Morgan fingerprint density at radius 1 is 1.27 bits per heavy atom. The number of carbonyl (C=O) groups is 1. The lowest BCUT2D eigenvalue weighted by Gasteiger charge is -2.15. The molecule has 1 aromatic carbocycles. The molecule has 1 unspecified atom stereocenters. The molecule has 1 fully saturated rings. The maximum absolute atomic E-state index is 13.0. The van der Waals surface area contributed by atoms with Crippen LogP contribution in [0.4, 0.5) is 5.69 Å². The first kappa shape index (κ1) is 23.3. The number of rotatable bonds is 8. The van der Waals surface area contributed by atoms with Crippen molar-refractivity contribution in [3.05, 3.63) is 52.2 Å². The van der Waals surface area contributed by atoms with Crippen molar-refractivity contribution >= 4 is 23.4 Å². The van der Waals surface area contributed by atoms with Gasteiger partial charge in [0.1, 0.15) is 11.5 Å². The Kier molecular flexibility index (Phi) is 7.04. The molecule has 4 rings (SSSR count). The van der Waals surface area contributed by atoms with Gasteiger partial charge in [0.2, 0.25) is 5.91 Å². The Balaban J connectivity index is 1.48. The minimum atomic E-state index is -0.261. The molecule has 1 atom stereocenters. The van der Waals surface area contributed by atoms with E-state index < -0.39 is 0 Å².